The van der Waals surface area contributed by atoms with Crippen LogP contribution in [0.5, 0.6) is 0 Å². The average Bonchev–Trinajstić information content (AvgIpc) is 3.44. The minimum absolute atomic E-state index is 0.0424. The van der Waals surface area contributed by atoms with Gasteiger partial charge in [0.25, 0.3) is 0 Å². The molecule has 4 rings (SSSR count). The van der Waals surface area contributed by atoms with Crippen molar-refractivity contribution >= 4 is 40.3 Å². The molecular formula is C24H22Cl2N6O3. The van der Waals surface area contributed by atoms with Crippen molar-refractivity contribution in [2.45, 2.75) is 46.1 Å². The first-order valence-electron chi connectivity index (χ1n) is 11.2. The van der Waals surface area contributed by atoms with E-state index in [1.54, 1.807) is 25.1 Å². The van der Waals surface area contributed by atoms with Crippen LogP contribution in [-0.2, 0) is 11.2 Å². The SMILES string of the molecule is CCCC(c1onc(C(=O)OCC)c1C#N)n1c(CC)nc2c(-c3ccc(Cl)cc3Cl)ncnc21. The molecule has 1 atom stereocenters. The number of hydrogen-bond donors (Lipinski definition) is 0. The molecule has 0 aliphatic carbocycles. The highest BCUT2D eigenvalue weighted by atomic mass is 35.5. The van der Waals surface area contributed by atoms with E-state index in [4.69, 9.17) is 37.4 Å². The van der Waals surface area contributed by atoms with E-state index in [9.17, 15) is 10.1 Å². The summed E-state index contributed by atoms with van der Waals surface area (Å²) < 4.78 is 12.5. The molecule has 0 aliphatic rings. The zero-order valence-electron chi connectivity index (χ0n) is 19.4. The van der Waals surface area contributed by atoms with Crippen molar-refractivity contribution < 1.29 is 14.1 Å². The molecule has 3 heterocycles. The smallest absolute Gasteiger partial charge is 0.361 e. The molecule has 3 aromatic heterocycles. The fourth-order valence-corrected chi connectivity index (χ4v) is 4.54. The lowest BCUT2D eigenvalue weighted by atomic mass is 10.0. The lowest BCUT2D eigenvalue weighted by Crippen LogP contribution is -2.15. The van der Waals surface area contributed by atoms with E-state index in [2.05, 4.69) is 21.2 Å². The maximum absolute atomic E-state index is 12.3. The molecule has 0 amide bonds. The standard InChI is InChI=1S/C24H22Cl2N6O3/c1-4-7-17(22-15(11-27)20(31-35-22)24(33)34-6-3)32-18(5-2)30-21-19(28-12-29-23(21)32)14-9-8-13(25)10-16(14)26/h8-10,12,17H,4-7H2,1-3H3. The Morgan fingerprint density at radius 1 is 1.26 bits per heavy atom. The number of carbonyl (C=O) groups is 1. The van der Waals surface area contributed by atoms with Crippen LogP contribution in [0, 0.1) is 11.3 Å². The number of fused-ring (bicyclic) bond motifs is 1. The summed E-state index contributed by atoms with van der Waals surface area (Å²) in [5, 5.41) is 14.7. The second-order valence-corrected chi connectivity index (χ2v) is 8.52. The predicted octanol–water partition coefficient (Wildman–Crippen LogP) is 5.79. The van der Waals surface area contributed by atoms with E-state index in [1.165, 1.54) is 6.33 Å². The Kier molecular flexibility index (Phi) is 7.34. The van der Waals surface area contributed by atoms with Crippen molar-refractivity contribution in [2.24, 2.45) is 0 Å². The first-order chi connectivity index (χ1) is 16.9. The highest BCUT2D eigenvalue weighted by Crippen LogP contribution is 2.36. The Hall–Kier alpha value is -3.48. The molecule has 0 radical (unpaired) electrons. The van der Waals surface area contributed by atoms with Gasteiger partial charge in [-0.3, -0.25) is 0 Å². The second kappa shape index (κ2) is 10.4. The van der Waals surface area contributed by atoms with Crippen LogP contribution in [0.1, 0.15) is 67.3 Å². The van der Waals surface area contributed by atoms with Crippen LogP contribution in [-0.4, -0.2) is 37.3 Å². The van der Waals surface area contributed by atoms with E-state index in [0.717, 1.165) is 6.42 Å². The van der Waals surface area contributed by atoms with Crippen molar-refractivity contribution in [1.82, 2.24) is 24.7 Å². The summed E-state index contributed by atoms with van der Waals surface area (Å²) in [5.41, 5.74) is 2.24. The number of aryl methyl sites for hydroxylation is 1. The molecule has 4 aromatic rings. The molecular weight excluding hydrogens is 491 g/mol. The third-order valence-corrected chi connectivity index (χ3v) is 6.08. The Morgan fingerprint density at radius 2 is 2.06 bits per heavy atom. The number of ether oxygens (including phenoxy) is 1. The molecule has 1 unspecified atom stereocenters. The second-order valence-electron chi connectivity index (χ2n) is 7.68. The van der Waals surface area contributed by atoms with Crippen LogP contribution < -0.4 is 0 Å². The molecule has 9 nitrogen and oxygen atoms in total. The number of esters is 1. The van der Waals surface area contributed by atoms with Crippen molar-refractivity contribution in [3.05, 3.63) is 57.4 Å². The Balaban J connectivity index is 1.94. The summed E-state index contributed by atoms with van der Waals surface area (Å²) in [7, 11) is 0. The number of nitriles is 1. The third-order valence-electron chi connectivity index (χ3n) is 5.53. The third kappa shape index (κ3) is 4.47. The summed E-state index contributed by atoms with van der Waals surface area (Å²) >= 11 is 12.5. The number of benzene rings is 1. The normalized spacial score (nSPS) is 12.0. The molecule has 0 fully saturated rings. The maximum Gasteiger partial charge on any atom is 0.361 e. The summed E-state index contributed by atoms with van der Waals surface area (Å²) in [6, 6.07) is 6.76. The highest BCUT2D eigenvalue weighted by Gasteiger charge is 2.32. The van der Waals surface area contributed by atoms with E-state index in [1.807, 2.05) is 18.4 Å². The molecule has 0 N–H and O–H groups in total. The zero-order valence-corrected chi connectivity index (χ0v) is 20.9. The van der Waals surface area contributed by atoms with Gasteiger partial charge in [-0.2, -0.15) is 5.26 Å². The molecule has 35 heavy (non-hydrogen) atoms. The van der Waals surface area contributed by atoms with Crippen LogP contribution in [0.4, 0.5) is 0 Å². The van der Waals surface area contributed by atoms with Crippen molar-refractivity contribution in [3.8, 4) is 17.3 Å². The highest BCUT2D eigenvalue weighted by molar-refractivity contribution is 6.36. The summed E-state index contributed by atoms with van der Waals surface area (Å²) in [6.45, 7) is 5.82. The summed E-state index contributed by atoms with van der Waals surface area (Å²) in [6.07, 6.45) is 3.37. The van der Waals surface area contributed by atoms with Gasteiger partial charge in [-0.15, -0.1) is 0 Å². The molecule has 0 spiro atoms. The van der Waals surface area contributed by atoms with Crippen molar-refractivity contribution in [2.75, 3.05) is 6.61 Å². The molecule has 1 aromatic carbocycles. The van der Waals surface area contributed by atoms with E-state index in [0.29, 0.717) is 51.1 Å². The molecule has 11 heteroatoms. The van der Waals surface area contributed by atoms with Gasteiger partial charge < -0.3 is 13.8 Å². The molecule has 180 valence electrons. The largest absolute Gasteiger partial charge is 0.461 e. The monoisotopic (exact) mass is 512 g/mol. The van der Waals surface area contributed by atoms with Crippen LogP contribution >= 0.6 is 23.2 Å². The van der Waals surface area contributed by atoms with Crippen LogP contribution in [0.3, 0.4) is 0 Å². The van der Waals surface area contributed by atoms with Gasteiger partial charge in [0.05, 0.1) is 17.7 Å². The van der Waals surface area contributed by atoms with Crippen LogP contribution in [0.2, 0.25) is 10.0 Å². The Labute approximate surface area is 211 Å². The number of hydrogen-bond acceptors (Lipinski definition) is 8. The van der Waals surface area contributed by atoms with Crippen molar-refractivity contribution in [3.63, 3.8) is 0 Å². The van der Waals surface area contributed by atoms with Gasteiger partial charge in [-0.1, -0.05) is 48.6 Å². The van der Waals surface area contributed by atoms with Gasteiger partial charge in [0, 0.05) is 17.0 Å². The Morgan fingerprint density at radius 3 is 2.71 bits per heavy atom. The van der Waals surface area contributed by atoms with Gasteiger partial charge >= 0.3 is 5.97 Å². The molecule has 0 aliphatic heterocycles. The van der Waals surface area contributed by atoms with Crippen LogP contribution in [0.25, 0.3) is 22.4 Å². The van der Waals surface area contributed by atoms with E-state index >= 15 is 0 Å². The minimum atomic E-state index is -0.706. The first kappa shape index (κ1) is 24.6. The number of aromatic nitrogens is 5. The number of carbonyl (C=O) groups excluding carboxylic acids is 1. The lowest BCUT2D eigenvalue weighted by Gasteiger charge is -2.18. The van der Waals surface area contributed by atoms with Gasteiger partial charge in [0.15, 0.2) is 11.4 Å². The molecule has 0 saturated heterocycles. The van der Waals surface area contributed by atoms with Gasteiger partial charge in [-0.25, -0.2) is 19.7 Å². The van der Waals surface area contributed by atoms with E-state index in [-0.39, 0.29) is 23.6 Å². The van der Waals surface area contributed by atoms with Gasteiger partial charge in [-0.05, 0) is 31.5 Å². The van der Waals surface area contributed by atoms with Crippen LogP contribution in [0.15, 0.2) is 29.0 Å². The maximum atomic E-state index is 12.3. The molecule has 0 bridgehead atoms. The quantitative estimate of drug-likeness (QED) is 0.272. The Bertz CT molecular complexity index is 1440. The number of imidazole rings is 1. The molecule has 0 saturated carbocycles. The predicted molar refractivity (Wildman–Crippen MR) is 130 cm³/mol. The van der Waals surface area contributed by atoms with Gasteiger partial charge in [0.2, 0.25) is 5.69 Å². The zero-order chi connectivity index (χ0) is 25.1. The summed E-state index contributed by atoms with van der Waals surface area (Å²) in [4.78, 5) is 26.2. The van der Waals surface area contributed by atoms with Crippen molar-refractivity contribution in [1.29, 1.82) is 5.26 Å². The van der Waals surface area contributed by atoms with Gasteiger partial charge in [0.1, 0.15) is 35.0 Å². The number of rotatable bonds is 8. The first-order valence-corrected chi connectivity index (χ1v) is 11.9. The topological polar surface area (TPSA) is 120 Å². The van der Waals surface area contributed by atoms with E-state index < -0.39 is 12.0 Å². The summed E-state index contributed by atoms with van der Waals surface area (Å²) in [5.74, 6) is 0.266. The lowest BCUT2D eigenvalue weighted by molar-refractivity contribution is 0.0514. The number of nitrogens with zero attached hydrogens (tertiary/aromatic N) is 6. The fraction of sp³-hybridized carbons (Fsp3) is 0.333. The fourth-order valence-electron chi connectivity index (χ4n) is 4.04. The average molecular weight is 513 g/mol. The minimum Gasteiger partial charge on any atom is -0.461 e. The number of halogens is 2.